The number of hydrazine groups is 1. The number of nitrogens with zero attached hydrogens (tertiary/aromatic N) is 1. The summed E-state index contributed by atoms with van der Waals surface area (Å²) < 4.78 is 0. The van der Waals surface area contributed by atoms with E-state index in [1.165, 1.54) is 11.8 Å². The van der Waals surface area contributed by atoms with E-state index in [2.05, 4.69) is 54.0 Å². The molecule has 0 spiro atoms. The van der Waals surface area contributed by atoms with Crippen LogP contribution in [0.2, 0.25) is 0 Å². The highest BCUT2D eigenvalue weighted by Crippen LogP contribution is 2.36. The monoisotopic (exact) mass is 404 g/mol. The van der Waals surface area contributed by atoms with Gasteiger partial charge in [0.05, 0.1) is 11.7 Å². The van der Waals surface area contributed by atoms with Gasteiger partial charge in [0, 0.05) is 48.0 Å². The van der Waals surface area contributed by atoms with Crippen LogP contribution in [0.3, 0.4) is 0 Å². The molecule has 0 radical (unpaired) electrons. The highest BCUT2D eigenvalue weighted by molar-refractivity contribution is 6.08. The lowest BCUT2D eigenvalue weighted by Crippen LogP contribution is -2.31. The fourth-order valence-corrected chi connectivity index (χ4v) is 3.80. The van der Waals surface area contributed by atoms with Crippen LogP contribution < -0.4 is 22.2 Å². The van der Waals surface area contributed by atoms with E-state index in [4.69, 9.17) is 17.0 Å². The molecule has 1 heterocycles. The first-order valence-electron chi connectivity index (χ1n) is 10.3. The van der Waals surface area contributed by atoms with Gasteiger partial charge in [0.15, 0.2) is 0 Å². The molecule has 1 atom stereocenters. The van der Waals surface area contributed by atoms with Gasteiger partial charge in [-0.05, 0) is 56.5 Å². The zero-order chi connectivity index (χ0) is 21.7. The van der Waals surface area contributed by atoms with E-state index in [-0.39, 0.29) is 6.04 Å². The van der Waals surface area contributed by atoms with Gasteiger partial charge < -0.3 is 26.8 Å². The van der Waals surface area contributed by atoms with Gasteiger partial charge in [-0.1, -0.05) is 29.8 Å². The lowest BCUT2D eigenvalue weighted by atomic mass is 9.92. The summed E-state index contributed by atoms with van der Waals surface area (Å²) in [6.07, 6.45) is 4.09. The first kappa shape index (κ1) is 21.5. The second-order valence-corrected chi connectivity index (χ2v) is 7.68. The van der Waals surface area contributed by atoms with E-state index in [0.29, 0.717) is 12.2 Å². The third kappa shape index (κ3) is 4.66. The molecule has 0 saturated heterocycles. The quantitative estimate of drug-likeness (QED) is 0.370. The molecule has 1 unspecified atom stereocenters. The molecule has 2 aromatic rings. The standard InChI is InChI=1S/C24H32N6/c1-4-28-15-19(14-25)18-7-10-21-22(13-18)23(11-12-30(27)24(21)17(3)26)29-20-8-5-16(2)6-9-20/h5-10,13-15,23,25,28-29H,4,11-12,26-27H2,1-3H3/b19-15+,24-17-,25-14?. The first-order valence-corrected chi connectivity index (χ1v) is 10.3. The van der Waals surface area contributed by atoms with Crippen molar-refractivity contribution in [3.8, 4) is 0 Å². The fourth-order valence-electron chi connectivity index (χ4n) is 3.80. The predicted octanol–water partition coefficient (Wildman–Crippen LogP) is 3.97. The number of fused-ring (bicyclic) bond motifs is 1. The molecule has 0 saturated carbocycles. The summed E-state index contributed by atoms with van der Waals surface area (Å²) in [5.74, 6) is 6.37. The van der Waals surface area contributed by atoms with Crippen LogP contribution in [0, 0.1) is 12.3 Å². The van der Waals surface area contributed by atoms with Crippen LogP contribution in [0.15, 0.2) is 54.4 Å². The summed E-state index contributed by atoms with van der Waals surface area (Å²) in [7, 11) is 0. The summed E-state index contributed by atoms with van der Waals surface area (Å²) in [6.45, 7) is 7.49. The summed E-state index contributed by atoms with van der Waals surface area (Å²) in [6, 6.07) is 14.7. The molecule has 6 nitrogen and oxygen atoms in total. The fraction of sp³-hybridized carbons (Fsp3) is 0.292. The van der Waals surface area contributed by atoms with Gasteiger partial charge in [-0.25, -0.2) is 5.84 Å². The summed E-state index contributed by atoms with van der Waals surface area (Å²) in [5, 5.41) is 16.5. The van der Waals surface area contributed by atoms with E-state index in [1.807, 2.05) is 26.1 Å². The van der Waals surface area contributed by atoms with Gasteiger partial charge in [-0.2, -0.15) is 0 Å². The molecule has 3 rings (SSSR count). The van der Waals surface area contributed by atoms with Crippen molar-refractivity contribution in [1.82, 2.24) is 10.3 Å². The van der Waals surface area contributed by atoms with Crippen LogP contribution in [0.1, 0.15) is 48.6 Å². The average Bonchev–Trinajstić information content (AvgIpc) is 2.86. The number of hydrogen-bond acceptors (Lipinski definition) is 6. The van der Waals surface area contributed by atoms with Crippen LogP contribution in [0.5, 0.6) is 0 Å². The molecule has 2 aromatic carbocycles. The Morgan fingerprint density at radius 1 is 1.23 bits per heavy atom. The highest BCUT2D eigenvalue weighted by atomic mass is 15.4. The minimum Gasteiger partial charge on any atom is -0.401 e. The van der Waals surface area contributed by atoms with Crippen molar-refractivity contribution in [3.63, 3.8) is 0 Å². The second kappa shape index (κ2) is 9.50. The third-order valence-electron chi connectivity index (χ3n) is 5.34. The molecule has 0 aliphatic carbocycles. The minimum atomic E-state index is 0.0664. The van der Waals surface area contributed by atoms with Gasteiger partial charge in [0.25, 0.3) is 0 Å². The maximum absolute atomic E-state index is 7.84. The number of rotatable bonds is 6. The third-order valence-corrected chi connectivity index (χ3v) is 5.34. The second-order valence-electron chi connectivity index (χ2n) is 7.68. The molecule has 6 heteroatoms. The minimum absolute atomic E-state index is 0.0664. The zero-order valence-corrected chi connectivity index (χ0v) is 18.0. The number of benzene rings is 2. The Balaban J connectivity index is 2.11. The Morgan fingerprint density at radius 3 is 2.60 bits per heavy atom. The Bertz CT molecular complexity index is 954. The van der Waals surface area contributed by atoms with Crippen molar-refractivity contribution in [2.24, 2.45) is 11.6 Å². The van der Waals surface area contributed by atoms with E-state index in [1.54, 1.807) is 5.01 Å². The lowest BCUT2D eigenvalue weighted by Gasteiger charge is -2.22. The lowest BCUT2D eigenvalue weighted by molar-refractivity contribution is 0.402. The number of nitrogens with two attached hydrogens (primary N) is 2. The maximum Gasteiger partial charge on any atom is 0.0777 e. The van der Waals surface area contributed by atoms with Crippen molar-refractivity contribution in [2.45, 2.75) is 33.2 Å². The molecular weight excluding hydrogens is 372 g/mol. The molecule has 0 aromatic heterocycles. The van der Waals surface area contributed by atoms with Crippen molar-refractivity contribution in [1.29, 1.82) is 5.41 Å². The Kier molecular flexibility index (Phi) is 6.79. The molecular formula is C24H32N6. The SMILES string of the molecule is CCN/C=C(\C=N)c1ccc2c(c1)C(Nc1ccc(C)cc1)CCN(N)/C2=C(/C)N. The van der Waals surface area contributed by atoms with Gasteiger partial charge in [0.1, 0.15) is 0 Å². The molecule has 0 bridgehead atoms. The van der Waals surface area contributed by atoms with Crippen molar-refractivity contribution in [2.75, 3.05) is 18.4 Å². The Hall–Kier alpha value is -3.25. The van der Waals surface area contributed by atoms with Crippen LogP contribution in [0.25, 0.3) is 11.3 Å². The molecule has 0 amide bonds. The summed E-state index contributed by atoms with van der Waals surface area (Å²) >= 11 is 0. The van der Waals surface area contributed by atoms with Gasteiger partial charge in [-0.15, -0.1) is 0 Å². The number of aryl methyl sites for hydroxylation is 1. The van der Waals surface area contributed by atoms with E-state index < -0.39 is 0 Å². The molecule has 1 aliphatic rings. The molecule has 7 N–H and O–H groups in total. The summed E-state index contributed by atoms with van der Waals surface area (Å²) in [4.78, 5) is 0. The van der Waals surface area contributed by atoms with Gasteiger partial charge in [0.2, 0.25) is 0 Å². The maximum atomic E-state index is 7.84. The largest absolute Gasteiger partial charge is 0.401 e. The van der Waals surface area contributed by atoms with E-state index in [0.717, 1.165) is 46.6 Å². The molecule has 158 valence electrons. The zero-order valence-electron chi connectivity index (χ0n) is 18.0. The van der Waals surface area contributed by atoms with E-state index >= 15 is 0 Å². The molecule has 30 heavy (non-hydrogen) atoms. The van der Waals surface area contributed by atoms with Crippen molar-refractivity contribution < 1.29 is 0 Å². The van der Waals surface area contributed by atoms with Gasteiger partial charge in [-0.3, -0.25) is 0 Å². The van der Waals surface area contributed by atoms with Crippen LogP contribution in [0.4, 0.5) is 5.69 Å². The topological polar surface area (TPSA) is 103 Å². The average molecular weight is 405 g/mol. The smallest absolute Gasteiger partial charge is 0.0777 e. The first-order chi connectivity index (χ1) is 14.4. The predicted molar refractivity (Wildman–Crippen MR) is 127 cm³/mol. The van der Waals surface area contributed by atoms with Crippen LogP contribution >= 0.6 is 0 Å². The number of anilines is 1. The number of allylic oxidation sites excluding steroid dienone is 2. The molecule has 1 aliphatic heterocycles. The number of hydrogen-bond donors (Lipinski definition) is 5. The normalized spacial score (nSPS) is 18.3. The number of nitrogens with one attached hydrogen (secondary N) is 3. The summed E-state index contributed by atoms with van der Waals surface area (Å²) in [5.41, 5.74) is 14.0. The Morgan fingerprint density at radius 2 is 1.97 bits per heavy atom. The van der Waals surface area contributed by atoms with Gasteiger partial charge >= 0.3 is 0 Å². The highest BCUT2D eigenvalue weighted by Gasteiger charge is 2.26. The van der Waals surface area contributed by atoms with Crippen molar-refractivity contribution >= 4 is 23.2 Å². The van der Waals surface area contributed by atoms with E-state index in [9.17, 15) is 0 Å². The van der Waals surface area contributed by atoms with Crippen molar-refractivity contribution in [3.05, 3.63) is 76.6 Å². The molecule has 0 fully saturated rings. The van der Waals surface area contributed by atoms with Crippen LogP contribution in [-0.2, 0) is 0 Å². The Labute approximate surface area is 179 Å². The van der Waals surface area contributed by atoms with Crippen LogP contribution in [-0.4, -0.2) is 24.3 Å².